The summed E-state index contributed by atoms with van der Waals surface area (Å²) in [7, 11) is 0. The maximum Gasteiger partial charge on any atom is 0.131 e. The first-order valence-electron chi connectivity index (χ1n) is 8.60. The van der Waals surface area contributed by atoms with Crippen LogP contribution >= 0.6 is 0 Å². The quantitative estimate of drug-likeness (QED) is 0.356. The van der Waals surface area contributed by atoms with E-state index in [2.05, 4.69) is 28.3 Å². The molecule has 0 aliphatic heterocycles. The van der Waals surface area contributed by atoms with Gasteiger partial charge >= 0.3 is 0 Å². The molecule has 3 aromatic rings. The molecule has 0 aliphatic rings. The van der Waals surface area contributed by atoms with Gasteiger partial charge in [0.25, 0.3) is 0 Å². The third-order valence-corrected chi connectivity index (χ3v) is 4.43. The van der Waals surface area contributed by atoms with Crippen LogP contribution in [0, 0.1) is 13.8 Å². The molecule has 0 fully saturated rings. The van der Waals surface area contributed by atoms with Crippen LogP contribution in [0.25, 0.3) is 11.1 Å². The van der Waals surface area contributed by atoms with Crippen LogP contribution in [-0.4, -0.2) is 16.6 Å². The molecule has 3 heteroatoms. The van der Waals surface area contributed by atoms with Gasteiger partial charge in [-0.2, -0.15) is 0 Å². The molecule has 0 bridgehead atoms. The van der Waals surface area contributed by atoms with Crippen molar-refractivity contribution in [3.8, 4) is 11.1 Å². The van der Waals surface area contributed by atoms with Crippen molar-refractivity contribution in [1.29, 1.82) is 0 Å². The predicted molar refractivity (Wildman–Crippen MR) is 109 cm³/mol. The Labute approximate surface area is 154 Å². The first kappa shape index (κ1) is 17.6. The Balaban J connectivity index is 1.97. The molecule has 0 aromatic heterocycles. The molecule has 0 saturated carbocycles. The standard InChI is InChI=1S/C23H22N2O/c1-16-9-7-8-12-22(16)24-18(3)23(25-26)21-14-13-20(15-17(21)2)19-10-5-4-6-11-19/h4-15,26H,1-3H3/b24-18?,25-23+. The summed E-state index contributed by atoms with van der Waals surface area (Å²) in [4.78, 5) is 4.65. The summed E-state index contributed by atoms with van der Waals surface area (Å²) in [6.07, 6.45) is 0. The second kappa shape index (κ2) is 7.79. The van der Waals surface area contributed by atoms with Gasteiger partial charge in [-0.05, 0) is 49.1 Å². The van der Waals surface area contributed by atoms with Gasteiger partial charge < -0.3 is 5.21 Å². The number of aliphatic imine (C=N–C) groups is 1. The maximum atomic E-state index is 9.62. The van der Waals surface area contributed by atoms with Crippen molar-refractivity contribution >= 4 is 17.1 Å². The third-order valence-electron chi connectivity index (χ3n) is 4.43. The van der Waals surface area contributed by atoms with Gasteiger partial charge in [0.1, 0.15) is 5.71 Å². The first-order valence-corrected chi connectivity index (χ1v) is 8.60. The topological polar surface area (TPSA) is 45.0 Å². The van der Waals surface area contributed by atoms with Gasteiger partial charge in [0, 0.05) is 5.56 Å². The molecule has 0 radical (unpaired) electrons. The van der Waals surface area contributed by atoms with E-state index in [1.54, 1.807) is 0 Å². The molecule has 0 aliphatic carbocycles. The van der Waals surface area contributed by atoms with E-state index in [0.717, 1.165) is 33.5 Å². The highest BCUT2D eigenvalue weighted by Gasteiger charge is 2.13. The number of para-hydroxylation sites is 1. The Kier molecular flexibility index (Phi) is 5.28. The van der Waals surface area contributed by atoms with Crippen LogP contribution in [-0.2, 0) is 0 Å². The van der Waals surface area contributed by atoms with Crippen molar-refractivity contribution in [1.82, 2.24) is 0 Å². The largest absolute Gasteiger partial charge is 0.410 e. The molecule has 26 heavy (non-hydrogen) atoms. The van der Waals surface area contributed by atoms with E-state index in [-0.39, 0.29) is 0 Å². The van der Waals surface area contributed by atoms with Crippen LogP contribution < -0.4 is 0 Å². The zero-order valence-electron chi connectivity index (χ0n) is 15.3. The Morgan fingerprint density at radius 3 is 2.12 bits per heavy atom. The second-order valence-electron chi connectivity index (χ2n) is 6.33. The van der Waals surface area contributed by atoms with Crippen LogP contribution in [0.15, 0.2) is 82.9 Å². The Morgan fingerprint density at radius 2 is 1.46 bits per heavy atom. The van der Waals surface area contributed by atoms with Gasteiger partial charge in [0.15, 0.2) is 0 Å². The van der Waals surface area contributed by atoms with E-state index in [9.17, 15) is 5.21 Å². The number of aryl methyl sites for hydroxylation is 2. The fraction of sp³-hybridized carbons (Fsp3) is 0.130. The Hall–Kier alpha value is -3.20. The van der Waals surface area contributed by atoms with Gasteiger partial charge in [-0.3, -0.25) is 4.99 Å². The zero-order valence-corrected chi connectivity index (χ0v) is 15.3. The molecular formula is C23H22N2O. The van der Waals surface area contributed by atoms with Crippen molar-refractivity contribution in [2.45, 2.75) is 20.8 Å². The molecule has 3 aromatic carbocycles. The van der Waals surface area contributed by atoms with Gasteiger partial charge in [-0.25, -0.2) is 0 Å². The van der Waals surface area contributed by atoms with E-state index in [1.165, 1.54) is 0 Å². The normalized spacial score (nSPS) is 12.3. The van der Waals surface area contributed by atoms with Crippen LogP contribution in [0.4, 0.5) is 5.69 Å². The van der Waals surface area contributed by atoms with Crippen molar-refractivity contribution < 1.29 is 5.21 Å². The maximum absolute atomic E-state index is 9.62. The number of oxime groups is 1. The summed E-state index contributed by atoms with van der Waals surface area (Å²) in [5.74, 6) is 0. The number of benzene rings is 3. The minimum absolute atomic E-state index is 0.491. The first-order chi connectivity index (χ1) is 12.6. The molecule has 0 unspecified atom stereocenters. The summed E-state index contributed by atoms with van der Waals surface area (Å²) < 4.78 is 0. The number of hydrogen-bond donors (Lipinski definition) is 1. The lowest BCUT2D eigenvalue weighted by molar-refractivity contribution is 0.320. The fourth-order valence-electron chi connectivity index (χ4n) is 2.98. The van der Waals surface area contributed by atoms with E-state index in [0.29, 0.717) is 11.4 Å². The van der Waals surface area contributed by atoms with Crippen molar-refractivity contribution in [3.05, 3.63) is 89.5 Å². The molecule has 0 heterocycles. The average Bonchev–Trinajstić information content (AvgIpc) is 2.66. The van der Waals surface area contributed by atoms with Gasteiger partial charge in [0.2, 0.25) is 0 Å². The molecule has 0 amide bonds. The van der Waals surface area contributed by atoms with Crippen LogP contribution in [0.5, 0.6) is 0 Å². The highest BCUT2D eigenvalue weighted by molar-refractivity contribution is 6.48. The summed E-state index contributed by atoms with van der Waals surface area (Å²) in [6, 6.07) is 24.3. The molecule has 0 atom stereocenters. The van der Waals surface area contributed by atoms with E-state index in [4.69, 9.17) is 0 Å². The molecule has 3 rings (SSSR count). The highest BCUT2D eigenvalue weighted by Crippen LogP contribution is 2.24. The van der Waals surface area contributed by atoms with Crippen LogP contribution in [0.1, 0.15) is 23.6 Å². The number of rotatable bonds is 4. The lowest BCUT2D eigenvalue weighted by atomic mass is 9.96. The molecular weight excluding hydrogens is 320 g/mol. The lowest BCUT2D eigenvalue weighted by Gasteiger charge is -2.11. The van der Waals surface area contributed by atoms with Crippen molar-refractivity contribution in [2.75, 3.05) is 0 Å². The minimum atomic E-state index is 0.491. The van der Waals surface area contributed by atoms with Crippen LogP contribution in [0.3, 0.4) is 0 Å². The van der Waals surface area contributed by atoms with Gasteiger partial charge in [0.05, 0.1) is 11.4 Å². The Bertz CT molecular complexity index is 973. The summed E-state index contributed by atoms with van der Waals surface area (Å²) in [5.41, 5.74) is 7.35. The molecule has 3 nitrogen and oxygen atoms in total. The summed E-state index contributed by atoms with van der Waals surface area (Å²) in [5, 5.41) is 13.1. The van der Waals surface area contributed by atoms with E-state index < -0.39 is 0 Å². The average molecular weight is 342 g/mol. The summed E-state index contributed by atoms with van der Waals surface area (Å²) in [6.45, 7) is 5.90. The van der Waals surface area contributed by atoms with Gasteiger partial charge in [-0.15, -0.1) is 0 Å². The second-order valence-corrected chi connectivity index (χ2v) is 6.33. The predicted octanol–water partition coefficient (Wildman–Crippen LogP) is 5.94. The Morgan fingerprint density at radius 1 is 0.769 bits per heavy atom. The van der Waals surface area contributed by atoms with Crippen LogP contribution in [0.2, 0.25) is 0 Å². The SMILES string of the molecule is CC(=Nc1ccccc1C)/C(=N\O)c1ccc(-c2ccccc2)cc1C. The lowest BCUT2D eigenvalue weighted by Crippen LogP contribution is -2.13. The van der Waals surface area contributed by atoms with E-state index in [1.807, 2.05) is 75.4 Å². The smallest absolute Gasteiger partial charge is 0.131 e. The van der Waals surface area contributed by atoms with Crippen molar-refractivity contribution in [3.63, 3.8) is 0 Å². The van der Waals surface area contributed by atoms with Gasteiger partial charge in [-0.1, -0.05) is 71.9 Å². The number of nitrogens with zero attached hydrogens (tertiary/aromatic N) is 2. The van der Waals surface area contributed by atoms with E-state index >= 15 is 0 Å². The third kappa shape index (κ3) is 3.72. The molecule has 130 valence electrons. The molecule has 1 N–H and O–H groups in total. The zero-order chi connectivity index (χ0) is 18.5. The number of hydrogen-bond acceptors (Lipinski definition) is 3. The summed E-state index contributed by atoms with van der Waals surface area (Å²) >= 11 is 0. The minimum Gasteiger partial charge on any atom is -0.410 e. The highest BCUT2D eigenvalue weighted by atomic mass is 16.4. The monoisotopic (exact) mass is 342 g/mol. The van der Waals surface area contributed by atoms with Crippen molar-refractivity contribution in [2.24, 2.45) is 10.1 Å². The molecule has 0 spiro atoms. The molecule has 0 saturated heterocycles. The fourth-order valence-corrected chi connectivity index (χ4v) is 2.98.